The van der Waals surface area contributed by atoms with E-state index in [1.807, 2.05) is 19.1 Å². The van der Waals surface area contributed by atoms with Gasteiger partial charge in [0.2, 0.25) is 11.7 Å². The van der Waals surface area contributed by atoms with Crippen LogP contribution in [0.5, 0.6) is 0 Å². The van der Waals surface area contributed by atoms with Gasteiger partial charge in [0.05, 0.1) is 0 Å². The van der Waals surface area contributed by atoms with Crippen LogP contribution in [0.4, 0.5) is 4.39 Å². The molecule has 0 atom stereocenters. The van der Waals surface area contributed by atoms with Crippen molar-refractivity contribution < 1.29 is 8.91 Å². The summed E-state index contributed by atoms with van der Waals surface area (Å²) in [5.74, 6) is 1.29. The fourth-order valence-electron chi connectivity index (χ4n) is 2.53. The number of halogens is 3. The Morgan fingerprint density at radius 3 is 2.69 bits per heavy atom. The maximum absolute atomic E-state index is 13.0. The van der Waals surface area contributed by atoms with Gasteiger partial charge in [0, 0.05) is 23.7 Å². The van der Waals surface area contributed by atoms with Crippen LogP contribution in [0, 0.1) is 5.82 Å². The van der Waals surface area contributed by atoms with E-state index < -0.39 is 0 Å². The zero-order valence-corrected chi connectivity index (χ0v) is 18.9. The van der Waals surface area contributed by atoms with E-state index in [9.17, 15) is 4.39 Å². The molecule has 0 amide bonds. The lowest BCUT2D eigenvalue weighted by atomic mass is 10.1. The summed E-state index contributed by atoms with van der Waals surface area (Å²) in [6.45, 7) is 3.62. The van der Waals surface area contributed by atoms with Gasteiger partial charge < -0.3 is 15.2 Å². The molecule has 1 heterocycles. The molecule has 0 aliphatic rings. The van der Waals surface area contributed by atoms with E-state index in [0.717, 1.165) is 24.1 Å². The molecule has 0 spiro atoms. The van der Waals surface area contributed by atoms with Crippen molar-refractivity contribution in [1.82, 2.24) is 20.8 Å². The van der Waals surface area contributed by atoms with Crippen LogP contribution in [0.15, 0.2) is 58.0 Å². The molecule has 2 N–H and O–H groups in total. The molecule has 0 unspecified atom stereocenters. The molecule has 29 heavy (non-hydrogen) atoms. The Kier molecular flexibility index (Phi) is 9.33. The lowest BCUT2D eigenvalue weighted by Gasteiger charge is -2.10. The maximum atomic E-state index is 13.0. The maximum Gasteiger partial charge on any atom is 0.248 e. The highest BCUT2D eigenvalue weighted by Crippen LogP contribution is 2.20. The molecule has 3 aromatic rings. The predicted octanol–water partition coefficient (Wildman–Crippen LogP) is 4.44. The van der Waals surface area contributed by atoms with Crippen LogP contribution in [0.1, 0.15) is 18.4 Å². The van der Waals surface area contributed by atoms with Gasteiger partial charge in [0.25, 0.3) is 0 Å². The van der Waals surface area contributed by atoms with Gasteiger partial charge in [0.15, 0.2) is 5.96 Å². The lowest BCUT2D eigenvalue weighted by molar-refractivity contribution is 0.380. The minimum Gasteiger partial charge on any atom is -0.357 e. The molecule has 9 heteroatoms. The monoisotopic (exact) mass is 529 g/mol. The third-order valence-electron chi connectivity index (χ3n) is 3.89. The highest BCUT2D eigenvalue weighted by Gasteiger charge is 2.09. The third-order valence-corrected chi connectivity index (χ3v) is 4.12. The summed E-state index contributed by atoms with van der Waals surface area (Å²) in [6, 6.07) is 13.7. The minimum atomic E-state index is -0.233. The van der Waals surface area contributed by atoms with Gasteiger partial charge in [0.1, 0.15) is 12.4 Å². The number of guanidine groups is 1. The first-order valence-electron chi connectivity index (χ1n) is 8.99. The Morgan fingerprint density at radius 1 is 1.17 bits per heavy atom. The van der Waals surface area contributed by atoms with Crippen LogP contribution < -0.4 is 10.6 Å². The van der Waals surface area contributed by atoms with Gasteiger partial charge >= 0.3 is 0 Å². The lowest BCUT2D eigenvalue weighted by Crippen LogP contribution is -2.38. The van der Waals surface area contributed by atoms with E-state index in [2.05, 4.69) is 25.8 Å². The predicted molar refractivity (Wildman–Crippen MR) is 123 cm³/mol. The van der Waals surface area contributed by atoms with Gasteiger partial charge in [-0.05, 0) is 43.2 Å². The number of nitrogens with one attached hydrogen (secondary N) is 2. The summed E-state index contributed by atoms with van der Waals surface area (Å²) in [5.41, 5.74) is 1.84. The average molecular weight is 530 g/mol. The largest absolute Gasteiger partial charge is 0.357 e. The standard InChI is InChI=1S/C20H21ClFN5O.HI/c1-2-23-20(24-11-10-14-6-8-17(22)9-7-14)25-13-18-26-19(27-28-18)15-4-3-5-16(21)12-15;/h3-9,12H,2,10-11,13H2,1H3,(H2,23,24,25);1H. The van der Waals surface area contributed by atoms with Gasteiger partial charge in [-0.25, -0.2) is 9.38 Å². The van der Waals surface area contributed by atoms with Crippen molar-refractivity contribution in [3.05, 3.63) is 70.8 Å². The highest BCUT2D eigenvalue weighted by molar-refractivity contribution is 14.0. The number of rotatable bonds is 7. The SMILES string of the molecule is CCNC(=NCc1nc(-c2cccc(Cl)c2)no1)NCCc1ccc(F)cc1.I. The third kappa shape index (κ3) is 7.28. The second-order valence-electron chi connectivity index (χ2n) is 6.02. The van der Waals surface area contributed by atoms with Gasteiger partial charge in [-0.3, -0.25) is 0 Å². The van der Waals surface area contributed by atoms with Crippen LogP contribution in [0.2, 0.25) is 5.02 Å². The van der Waals surface area contributed by atoms with Crippen molar-refractivity contribution in [3.8, 4) is 11.4 Å². The van der Waals surface area contributed by atoms with Crippen molar-refractivity contribution in [2.45, 2.75) is 19.9 Å². The summed E-state index contributed by atoms with van der Waals surface area (Å²) >= 11 is 6.00. The van der Waals surface area contributed by atoms with E-state index in [1.165, 1.54) is 12.1 Å². The summed E-state index contributed by atoms with van der Waals surface area (Å²) in [4.78, 5) is 8.82. The van der Waals surface area contributed by atoms with E-state index in [4.69, 9.17) is 16.1 Å². The molecular formula is C20H22ClFIN5O. The molecule has 0 saturated heterocycles. The number of aromatic nitrogens is 2. The number of nitrogens with zero attached hydrogens (tertiary/aromatic N) is 3. The molecule has 0 fully saturated rings. The Bertz CT molecular complexity index is 933. The fourth-order valence-corrected chi connectivity index (χ4v) is 2.72. The zero-order valence-electron chi connectivity index (χ0n) is 15.9. The second-order valence-corrected chi connectivity index (χ2v) is 6.46. The summed E-state index contributed by atoms with van der Waals surface area (Å²) in [5, 5.41) is 11.0. The van der Waals surface area contributed by atoms with Gasteiger partial charge in [-0.1, -0.05) is 41.0 Å². The molecule has 0 aliphatic carbocycles. The molecule has 0 radical (unpaired) electrons. The summed E-state index contributed by atoms with van der Waals surface area (Å²) < 4.78 is 18.2. The molecule has 3 rings (SSSR count). The minimum absolute atomic E-state index is 0. The van der Waals surface area contributed by atoms with Crippen molar-refractivity contribution in [1.29, 1.82) is 0 Å². The van der Waals surface area contributed by atoms with E-state index in [0.29, 0.717) is 29.2 Å². The Hall–Kier alpha value is -2.20. The summed E-state index contributed by atoms with van der Waals surface area (Å²) in [7, 11) is 0. The number of aliphatic imine (C=N–C) groups is 1. The molecule has 154 valence electrons. The zero-order chi connectivity index (χ0) is 19.8. The highest BCUT2D eigenvalue weighted by atomic mass is 127. The molecular weight excluding hydrogens is 508 g/mol. The smallest absolute Gasteiger partial charge is 0.248 e. The van der Waals surface area contributed by atoms with E-state index in [-0.39, 0.29) is 36.3 Å². The number of hydrogen-bond acceptors (Lipinski definition) is 4. The quantitative estimate of drug-likeness (QED) is 0.269. The normalized spacial score (nSPS) is 11.1. The van der Waals surface area contributed by atoms with Crippen molar-refractivity contribution >= 4 is 41.5 Å². The van der Waals surface area contributed by atoms with Crippen LogP contribution in [-0.2, 0) is 13.0 Å². The number of benzene rings is 2. The van der Waals surface area contributed by atoms with Crippen LogP contribution in [-0.4, -0.2) is 29.2 Å². The van der Waals surface area contributed by atoms with Crippen LogP contribution in [0.25, 0.3) is 11.4 Å². The number of hydrogen-bond donors (Lipinski definition) is 2. The first-order valence-corrected chi connectivity index (χ1v) is 9.37. The van der Waals surface area contributed by atoms with Crippen molar-refractivity contribution in [2.24, 2.45) is 4.99 Å². The Balaban J connectivity index is 0.00000300. The second kappa shape index (κ2) is 11.7. The van der Waals surface area contributed by atoms with E-state index >= 15 is 0 Å². The average Bonchev–Trinajstić information content (AvgIpc) is 3.17. The topological polar surface area (TPSA) is 75.3 Å². The van der Waals surface area contributed by atoms with Crippen molar-refractivity contribution in [2.75, 3.05) is 13.1 Å². The Morgan fingerprint density at radius 2 is 1.97 bits per heavy atom. The van der Waals surface area contributed by atoms with Gasteiger partial charge in [-0.15, -0.1) is 24.0 Å². The Labute approximate surface area is 191 Å². The van der Waals surface area contributed by atoms with E-state index in [1.54, 1.807) is 24.3 Å². The molecule has 2 aromatic carbocycles. The molecule has 0 saturated carbocycles. The molecule has 6 nitrogen and oxygen atoms in total. The van der Waals surface area contributed by atoms with Crippen LogP contribution >= 0.6 is 35.6 Å². The van der Waals surface area contributed by atoms with Crippen LogP contribution in [0.3, 0.4) is 0 Å². The first-order chi connectivity index (χ1) is 13.6. The molecule has 0 bridgehead atoms. The first kappa shape index (κ1) is 23.1. The summed E-state index contributed by atoms with van der Waals surface area (Å²) in [6.07, 6.45) is 0.754. The van der Waals surface area contributed by atoms with Gasteiger partial charge in [-0.2, -0.15) is 4.98 Å². The van der Waals surface area contributed by atoms with Crippen molar-refractivity contribution in [3.63, 3.8) is 0 Å². The fraction of sp³-hybridized carbons (Fsp3) is 0.250. The molecule has 0 aliphatic heterocycles. The molecule has 1 aromatic heterocycles.